The number of nitrogens with zero attached hydrogens (tertiary/aromatic N) is 2. The summed E-state index contributed by atoms with van der Waals surface area (Å²) in [5.41, 5.74) is 2.28. The first kappa shape index (κ1) is 21.7. The zero-order chi connectivity index (χ0) is 22.0. The zero-order valence-electron chi connectivity index (χ0n) is 17.9. The molecule has 1 atom stereocenters. The lowest BCUT2D eigenvalue weighted by Crippen LogP contribution is -2.56. The Morgan fingerprint density at radius 1 is 1.26 bits per heavy atom. The minimum atomic E-state index is -0.489. The predicted molar refractivity (Wildman–Crippen MR) is 122 cm³/mol. The van der Waals surface area contributed by atoms with E-state index in [-0.39, 0.29) is 17.7 Å². The van der Waals surface area contributed by atoms with Gasteiger partial charge in [0.15, 0.2) is 0 Å². The van der Waals surface area contributed by atoms with Gasteiger partial charge in [0.1, 0.15) is 17.2 Å². The highest BCUT2D eigenvalue weighted by Gasteiger charge is 2.41. The Morgan fingerprint density at radius 2 is 1.97 bits per heavy atom. The Kier molecular flexibility index (Phi) is 6.21. The summed E-state index contributed by atoms with van der Waals surface area (Å²) in [4.78, 5) is 18.8. The summed E-state index contributed by atoms with van der Waals surface area (Å²) in [6.45, 7) is 5.49. The number of piperidine rings is 1. The number of nitrogens with one attached hydrogen (secondary N) is 1. The fourth-order valence-electron chi connectivity index (χ4n) is 4.44. The highest BCUT2D eigenvalue weighted by Crippen LogP contribution is 2.38. The molecule has 1 spiro atoms. The number of carbonyl (C=O) groups excluding carboxylic acids is 1. The smallest absolute Gasteiger partial charge is 0.219 e. The van der Waals surface area contributed by atoms with E-state index in [2.05, 4.69) is 5.32 Å². The summed E-state index contributed by atoms with van der Waals surface area (Å²) in [7, 11) is 0. The van der Waals surface area contributed by atoms with Crippen LogP contribution in [-0.4, -0.2) is 47.0 Å². The second-order valence-electron chi connectivity index (χ2n) is 8.16. The van der Waals surface area contributed by atoms with Gasteiger partial charge in [0.2, 0.25) is 5.91 Å². The van der Waals surface area contributed by atoms with E-state index in [9.17, 15) is 9.90 Å². The zero-order valence-corrected chi connectivity index (χ0v) is 18.7. The molecule has 6 nitrogen and oxygen atoms in total. The third-order valence-electron chi connectivity index (χ3n) is 6.09. The van der Waals surface area contributed by atoms with Crippen molar-refractivity contribution in [1.82, 2.24) is 10.2 Å². The Balaban J connectivity index is 1.69. The Hall–Kier alpha value is -2.57. The predicted octanol–water partition coefficient (Wildman–Crippen LogP) is 4.31. The lowest BCUT2D eigenvalue weighted by Gasteiger charge is -2.45. The Bertz CT molecular complexity index is 982. The van der Waals surface area contributed by atoms with Crippen LogP contribution in [0.4, 0.5) is 0 Å². The number of carbonyl (C=O) groups is 1. The van der Waals surface area contributed by atoms with Gasteiger partial charge in [-0.3, -0.25) is 15.1 Å². The molecule has 0 aromatic heterocycles. The summed E-state index contributed by atoms with van der Waals surface area (Å²) < 4.78 is 5.57. The van der Waals surface area contributed by atoms with Crippen LogP contribution in [0.15, 0.2) is 47.5 Å². The highest BCUT2D eigenvalue weighted by molar-refractivity contribution is 6.30. The molecule has 0 bridgehead atoms. The van der Waals surface area contributed by atoms with Gasteiger partial charge >= 0.3 is 0 Å². The van der Waals surface area contributed by atoms with Crippen molar-refractivity contribution in [3.05, 3.63) is 58.6 Å². The first-order valence-electron chi connectivity index (χ1n) is 10.7. The van der Waals surface area contributed by atoms with Gasteiger partial charge in [0, 0.05) is 61.6 Å². The van der Waals surface area contributed by atoms with Crippen molar-refractivity contribution in [1.29, 1.82) is 0 Å². The van der Waals surface area contributed by atoms with Gasteiger partial charge < -0.3 is 14.7 Å². The summed E-state index contributed by atoms with van der Waals surface area (Å²) in [5, 5.41) is 14.8. The minimum absolute atomic E-state index is 0.0883. The molecule has 164 valence electrons. The number of hydrogen-bond donors (Lipinski definition) is 2. The number of aliphatic imine (C=N–C) groups is 1. The van der Waals surface area contributed by atoms with Crippen LogP contribution in [0, 0.1) is 0 Å². The number of benzene rings is 2. The van der Waals surface area contributed by atoms with Crippen LogP contribution >= 0.6 is 11.6 Å². The van der Waals surface area contributed by atoms with E-state index in [4.69, 9.17) is 21.3 Å². The summed E-state index contributed by atoms with van der Waals surface area (Å²) in [6, 6.07) is 13.0. The van der Waals surface area contributed by atoms with Gasteiger partial charge in [-0.1, -0.05) is 11.6 Å². The highest BCUT2D eigenvalue weighted by atomic mass is 35.5. The number of halogens is 1. The van der Waals surface area contributed by atoms with Gasteiger partial charge in [-0.05, 0) is 55.0 Å². The molecule has 2 aliphatic heterocycles. The van der Waals surface area contributed by atoms with Crippen molar-refractivity contribution in [3.8, 4) is 11.5 Å². The molecule has 31 heavy (non-hydrogen) atoms. The number of aromatic hydroxyl groups is 1. The van der Waals surface area contributed by atoms with E-state index in [1.807, 2.05) is 42.2 Å². The van der Waals surface area contributed by atoms with Crippen molar-refractivity contribution >= 4 is 23.2 Å². The van der Waals surface area contributed by atoms with E-state index in [1.54, 1.807) is 19.1 Å². The molecule has 2 heterocycles. The average molecular weight is 442 g/mol. The molecular weight excluding hydrogens is 414 g/mol. The number of phenols is 1. The first-order chi connectivity index (χ1) is 14.9. The molecule has 1 unspecified atom stereocenters. The van der Waals surface area contributed by atoms with Crippen LogP contribution in [0.5, 0.6) is 11.5 Å². The molecule has 1 amide bonds. The molecule has 2 aromatic rings. The number of rotatable bonds is 4. The van der Waals surface area contributed by atoms with Crippen molar-refractivity contribution in [3.63, 3.8) is 0 Å². The molecule has 0 radical (unpaired) electrons. The lowest BCUT2D eigenvalue weighted by atomic mass is 9.87. The molecule has 2 N–H and O–H groups in total. The number of amides is 1. The standard InChI is InChI=1S/C24H28ClN3O3/c1-3-31-19-7-4-17(5-8-19)21-15-22(20-14-18(25)6-9-23(20)30)27-24(26-21)10-12-28(13-11-24)16(2)29/h4-9,14,22,27,30H,3,10-13,15H2,1-2H3. The van der Waals surface area contributed by atoms with Crippen molar-refractivity contribution in [2.75, 3.05) is 19.7 Å². The largest absolute Gasteiger partial charge is 0.508 e. The fourth-order valence-corrected chi connectivity index (χ4v) is 4.62. The maximum Gasteiger partial charge on any atom is 0.219 e. The summed E-state index contributed by atoms with van der Waals surface area (Å²) in [6.07, 6.45) is 2.05. The van der Waals surface area contributed by atoms with Gasteiger partial charge in [-0.2, -0.15) is 0 Å². The maximum atomic E-state index is 11.8. The number of ether oxygens (including phenoxy) is 1. The third-order valence-corrected chi connectivity index (χ3v) is 6.32. The molecular formula is C24H28ClN3O3. The molecule has 0 aliphatic carbocycles. The molecule has 2 aromatic carbocycles. The van der Waals surface area contributed by atoms with Crippen LogP contribution in [0.1, 0.15) is 50.3 Å². The third kappa shape index (κ3) is 4.70. The van der Waals surface area contributed by atoms with E-state index in [0.717, 1.165) is 22.6 Å². The number of phenolic OH excluding ortho intramolecular Hbond substituents is 1. The van der Waals surface area contributed by atoms with Crippen molar-refractivity contribution in [2.45, 2.75) is 44.8 Å². The van der Waals surface area contributed by atoms with Crippen molar-refractivity contribution < 1.29 is 14.6 Å². The number of likely N-dealkylation sites (tertiary alicyclic amines) is 1. The van der Waals surface area contributed by atoms with E-state index in [0.29, 0.717) is 44.0 Å². The van der Waals surface area contributed by atoms with E-state index >= 15 is 0 Å². The SMILES string of the molecule is CCOc1ccc(C2=NC3(CCN(C(C)=O)CC3)NC(c3cc(Cl)ccc3O)C2)cc1. The first-order valence-corrected chi connectivity index (χ1v) is 11.1. The van der Waals surface area contributed by atoms with Gasteiger partial charge in [-0.15, -0.1) is 0 Å². The lowest BCUT2D eigenvalue weighted by molar-refractivity contribution is -0.130. The molecule has 1 fully saturated rings. The van der Waals surface area contributed by atoms with Gasteiger partial charge in [0.05, 0.1) is 6.61 Å². The molecule has 7 heteroatoms. The van der Waals surface area contributed by atoms with E-state index < -0.39 is 5.66 Å². The van der Waals surface area contributed by atoms with Crippen LogP contribution in [-0.2, 0) is 4.79 Å². The Morgan fingerprint density at radius 3 is 2.61 bits per heavy atom. The van der Waals surface area contributed by atoms with Crippen LogP contribution in [0.2, 0.25) is 5.02 Å². The van der Waals surface area contributed by atoms with Crippen molar-refractivity contribution in [2.24, 2.45) is 4.99 Å². The average Bonchev–Trinajstić information content (AvgIpc) is 2.76. The molecule has 0 saturated carbocycles. The number of hydrogen-bond acceptors (Lipinski definition) is 5. The van der Waals surface area contributed by atoms with E-state index in [1.165, 1.54) is 0 Å². The quantitative estimate of drug-likeness (QED) is 0.741. The van der Waals surface area contributed by atoms with Gasteiger partial charge in [-0.25, -0.2) is 0 Å². The topological polar surface area (TPSA) is 74.2 Å². The second-order valence-corrected chi connectivity index (χ2v) is 8.59. The second kappa shape index (κ2) is 8.89. The Labute approximate surface area is 187 Å². The molecule has 1 saturated heterocycles. The normalized spacial score (nSPS) is 20.4. The summed E-state index contributed by atoms with van der Waals surface area (Å²) >= 11 is 6.24. The monoisotopic (exact) mass is 441 g/mol. The fraction of sp³-hybridized carbons (Fsp3) is 0.417. The minimum Gasteiger partial charge on any atom is -0.508 e. The maximum absolute atomic E-state index is 11.8. The van der Waals surface area contributed by atoms with Gasteiger partial charge in [0.25, 0.3) is 0 Å². The van der Waals surface area contributed by atoms with Crippen LogP contribution in [0.3, 0.4) is 0 Å². The van der Waals surface area contributed by atoms with Crippen LogP contribution < -0.4 is 10.1 Å². The van der Waals surface area contributed by atoms with Crippen LogP contribution in [0.25, 0.3) is 0 Å². The molecule has 4 rings (SSSR count). The molecule has 2 aliphatic rings. The summed E-state index contributed by atoms with van der Waals surface area (Å²) in [5.74, 6) is 1.13.